The minimum Gasteiger partial charge on any atom is -0.497 e. The lowest BCUT2D eigenvalue weighted by molar-refractivity contribution is 0.131. The lowest BCUT2D eigenvalue weighted by Gasteiger charge is -2.34. The maximum atomic E-state index is 5.44. The molecule has 0 radical (unpaired) electrons. The maximum Gasteiger partial charge on any atom is 0.123 e. The molecule has 0 amide bonds. The smallest absolute Gasteiger partial charge is 0.123 e. The zero-order chi connectivity index (χ0) is 13.7. The van der Waals surface area contributed by atoms with E-state index in [-0.39, 0.29) is 0 Å². The zero-order valence-corrected chi connectivity index (χ0v) is 12.2. The molecule has 0 atom stereocenters. The molecule has 19 heavy (non-hydrogen) atoms. The summed E-state index contributed by atoms with van der Waals surface area (Å²) >= 11 is 0. The minimum atomic E-state index is 0.892. The molecule has 4 heteroatoms. The van der Waals surface area contributed by atoms with Gasteiger partial charge in [0.2, 0.25) is 0 Å². The third kappa shape index (κ3) is 3.61. The number of nitrogens with zero attached hydrogens (tertiary/aromatic N) is 2. The van der Waals surface area contributed by atoms with Crippen LogP contribution in [0.3, 0.4) is 0 Å². The SMILES string of the molecule is CCN1CCN(Cc2cc(OC)ccc2OC)CC1. The number of methoxy groups -OCH3 is 2. The molecule has 4 nitrogen and oxygen atoms in total. The van der Waals surface area contributed by atoms with Gasteiger partial charge in [-0.1, -0.05) is 6.92 Å². The first-order chi connectivity index (χ1) is 9.26. The van der Waals surface area contributed by atoms with Crippen LogP contribution in [0.2, 0.25) is 0 Å². The van der Waals surface area contributed by atoms with Crippen molar-refractivity contribution in [1.82, 2.24) is 9.80 Å². The van der Waals surface area contributed by atoms with Gasteiger partial charge < -0.3 is 14.4 Å². The summed E-state index contributed by atoms with van der Waals surface area (Å²) in [4.78, 5) is 4.96. The van der Waals surface area contributed by atoms with Crippen molar-refractivity contribution in [2.75, 3.05) is 46.9 Å². The number of piperazine rings is 1. The fraction of sp³-hybridized carbons (Fsp3) is 0.600. The third-order valence-electron chi connectivity index (χ3n) is 3.79. The van der Waals surface area contributed by atoms with Crippen molar-refractivity contribution in [2.45, 2.75) is 13.5 Å². The van der Waals surface area contributed by atoms with Gasteiger partial charge in [0.15, 0.2) is 0 Å². The van der Waals surface area contributed by atoms with Gasteiger partial charge >= 0.3 is 0 Å². The lowest BCUT2D eigenvalue weighted by atomic mass is 10.1. The molecular formula is C15H24N2O2. The molecule has 1 aromatic rings. The van der Waals surface area contributed by atoms with Gasteiger partial charge in [0.1, 0.15) is 11.5 Å². The Morgan fingerprint density at radius 1 is 1.00 bits per heavy atom. The van der Waals surface area contributed by atoms with E-state index >= 15 is 0 Å². The molecule has 0 saturated carbocycles. The average molecular weight is 264 g/mol. The van der Waals surface area contributed by atoms with Gasteiger partial charge in [0.05, 0.1) is 14.2 Å². The Kier molecular flexibility index (Phi) is 5.05. The number of ether oxygens (including phenoxy) is 2. The molecular weight excluding hydrogens is 240 g/mol. The molecule has 1 aromatic carbocycles. The van der Waals surface area contributed by atoms with Crippen molar-refractivity contribution in [1.29, 1.82) is 0 Å². The van der Waals surface area contributed by atoms with E-state index in [9.17, 15) is 0 Å². The van der Waals surface area contributed by atoms with Gasteiger partial charge in [-0.3, -0.25) is 4.90 Å². The fourth-order valence-corrected chi connectivity index (χ4v) is 2.51. The van der Waals surface area contributed by atoms with Gasteiger partial charge in [-0.25, -0.2) is 0 Å². The van der Waals surface area contributed by atoms with Crippen LogP contribution in [-0.4, -0.2) is 56.7 Å². The zero-order valence-electron chi connectivity index (χ0n) is 12.2. The minimum absolute atomic E-state index is 0.892. The Bertz CT molecular complexity index is 401. The van der Waals surface area contributed by atoms with Crippen LogP contribution in [0.25, 0.3) is 0 Å². The van der Waals surface area contributed by atoms with Gasteiger partial charge in [0.25, 0.3) is 0 Å². The summed E-state index contributed by atoms with van der Waals surface area (Å²) in [6.45, 7) is 8.85. The second kappa shape index (κ2) is 6.78. The summed E-state index contributed by atoms with van der Waals surface area (Å²) in [5.74, 6) is 1.83. The Labute approximate surface area is 115 Å². The van der Waals surface area contributed by atoms with Crippen LogP contribution in [-0.2, 0) is 6.54 Å². The van der Waals surface area contributed by atoms with Crippen LogP contribution in [0.4, 0.5) is 0 Å². The quantitative estimate of drug-likeness (QED) is 0.810. The molecule has 1 fully saturated rings. The highest BCUT2D eigenvalue weighted by molar-refractivity contribution is 5.40. The first-order valence-electron chi connectivity index (χ1n) is 6.92. The molecule has 0 N–H and O–H groups in total. The largest absolute Gasteiger partial charge is 0.497 e. The number of benzene rings is 1. The topological polar surface area (TPSA) is 24.9 Å². The van der Waals surface area contributed by atoms with Crippen molar-refractivity contribution < 1.29 is 9.47 Å². The highest BCUT2D eigenvalue weighted by Gasteiger charge is 2.17. The van der Waals surface area contributed by atoms with Crippen LogP contribution in [0.5, 0.6) is 11.5 Å². The van der Waals surface area contributed by atoms with E-state index < -0.39 is 0 Å². The highest BCUT2D eigenvalue weighted by atomic mass is 16.5. The van der Waals surface area contributed by atoms with Crippen molar-refractivity contribution in [3.05, 3.63) is 23.8 Å². The van der Waals surface area contributed by atoms with Crippen LogP contribution >= 0.6 is 0 Å². The normalized spacial score (nSPS) is 17.4. The van der Waals surface area contributed by atoms with Crippen molar-refractivity contribution in [2.24, 2.45) is 0 Å². The van der Waals surface area contributed by atoms with E-state index in [1.165, 1.54) is 5.56 Å². The molecule has 0 aromatic heterocycles. The van der Waals surface area contributed by atoms with Crippen LogP contribution in [0.15, 0.2) is 18.2 Å². The second-order valence-electron chi connectivity index (χ2n) is 4.89. The Morgan fingerprint density at radius 2 is 1.68 bits per heavy atom. The van der Waals surface area contributed by atoms with Crippen molar-refractivity contribution >= 4 is 0 Å². The van der Waals surface area contributed by atoms with Gasteiger partial charge in [-0.05, 0) is 24.7 Å². The van der Waals surface area contributed by atoms with Gasteiger partial charge in [-0.2, -0.15) is 0 Å². The summed E-state index contributed by atoms with van der Waals surface area (Å²) in [6.07, 6.45) is 0. The predicted octanol–water partition coefficient (Wildman–Crippen LogP) is 1.84. The molecule has 2 rings (SSSR count). The van der Waals surface area contributed by atoms with Gasteiger partial charge in [-0.15, -0.1) is 0 Å². The lowest BCUT2D eigenvalue weighted by Crippen LogP contribution is -2.45. The van der Waals surface area contributed by atoms with Crippen molar-refractivity contribution in [3.63, 3.8) is 0 Å². The molecule has 0 unspecified atom stereocenters. The summed E-state index contributed by atoms with van der Waals surface area (Å²) < 4.78 is 10.7. The Hall–Kier alpha value is -1.26. The molecule has 0 bridgehead atoms. The molecule has 0 spiro atoms. The van der Waals surface area contributed by atoms with Crippen LogP contribution in [0.1, 0.15) is 12.5 Å². The number of hydrogen-bond donors (Lipinski definition) is 0. The second-order valence-corrected chi connectivity index (χ2v) is 4.89. The monoisotopic (exact) mass is 264 g/mol. The van der Waals surface area contributed by atoms with Crippen LogP contribution in [0, 0.1) is 0 Å². The molecule has 1 saturated heterocycles. The highest BCUT2D eigenvalue weighted by Crippen LogP contribution is 2.25. The molecule has 1 aliphatic rings. The average Bonchev–Trinajstić information content (AvgIpc) is 2.48. The molecule has 1 aliphatic heterocycles. The van der Waals surface area contributed by atoms with E-state index in [1.807, 2.05) is 12.1 Å². The summed E-state index contributed by atoms with van der Waals surface area (Å²) in [7, 11) is 3.42. The summed E-state index contributed by atoms with van der Waals surface area (Å²) in [5, 5.41) is 0. The fourth-order valence-electron chi connectivity index (χ4n) is 2.51. The number of rotatable bonds is 5. The molecule has 0 aliphatic carbocycles. The van der Waals surface area contributed by atoms with E-state index in [2.05, 4.69) is 22.8 Å². The molecule has 1 heterocycles. The van der Waals surface area contributed by atoms with Gasteiger partial charge in [0, 0.05) is 38.3 Å². The van der Waals surface area contributed by atoms with Crippen LogP contribution < -0.4 is 9.47 Å². The molecule has 106 valence electrons. The Balaban J connectivity index is 2.02. The van der Waals surface area contributed by atoms with E-state index in [0.717, 1.165) is 50.8 Å². The Morgan fingerprint density at radius 3 is 2.26 bits per heavy atom. The summed E-state index contributed by atoms with van der Waals surface area (Å²) in [6, 6.07) is 6.00. The third-order valence-corrected chi connectivity index (χ3v) is 3.79. The number of hydrogen-bond acceptors (Lipinski definition) is 4. The first kappa shape index (κ1) is 14.2. The van der Waals surface area contributed by atoms with Crippen molar-refractivity contribution in [3.8, 4) is 11.5 Å². The standard InChI is InChI=1S/C15H24N2O2/c1-4-16-7-9-17(10-8-16)12-13-11-14(18-2)5-6-15(13)19-3/h5-6,11H,4,7-10,12H2,1-3H3. The van der Waals surface area contributed by atoms with E-state index in [4.69, 9.17) is 9.47 Å². The first-order valence-corrected chi connectivity index (χ1v) is 6.92. The maximum absolute atomic E-state index is 5.44. The van der Waals surface area contributed by atoms with E-state index in [0.29, 0.717) is 0 Å². The summed E-state index contributed by atoms with van der Waals surface area (Å²) in [5.41, 5.74) is 1.20. The number of likely N-dealkylation sites (N-methyl/N-ethyl adjacent to an activating group) is 1. The van der Waals surface area contributed by atoms with E-state index in [1.54, 1.807) is 14.2 Å². The predicted molar refractivity (Wildman–Crippen MR) is 76.9 cm³/mol.